The number of anilines is 2. The molecule has 1 aromatic heterocycles. The normalized spacial score (nSPS) is 10.7. The fourth-order valence-corrected chi connectivity index (χ4v) is 2.92. The van der Waals surface area contributed by atoms with Crippen molar-refractivity contribution in [2.45, 2.75) is 6.92 Å². The van der Waals surface area contributed by atoms with E-state index in [1.54, 1.807) is 24.3 Å². The molecule has 0 saturated heterocycles. The first-order chi connectivity index (χ1) is 11.5. The average molecular weight is 407 g/mol. The van der Waals surface area contributed by atoms with Gasteiger partial charge in [0.05, 0.1) is 29.6 Å². The fraction of sp³-hybridized carbons (Fsp3) is 0.118. The van der Waals surface area contributed by atoms with Crippen LogP contribution in [0, 0.1) is 6.92 Å². The quantitative estimate of drug-likeness (QED) is 0.628. The number of carbonyl (C=O) groups excluding carboxylic acids is 1. The van der Waals surface area contributed by atoms with Gasteiger partial charge in [0.15, 0.2) is 4.60 Å². The van der Waals surface area contributed by atoms with Crippen LogP contribution < -0.4 is 5.32 Å². The zero-order chi connectivity index (χ0) is 17.3. The fourth-order valence-electron chi connectivity index (χ4n) is 2.35. The lowest BCUT2D eigenvalue weighted by atomic mass is 10.1. The molecular weight excluding hydrogens is 394 g/mol. The number of methoxy groups -OCH3 is 1. The van der Waals surface area contributed by atoms with Crippen LogP contribution in [0.1, 0.15) is 15.9 Å². The zero-order valence-electron chi connectivity index (χ0n) is 12.9. The van der Waals surface area contributed by atoms with Gasteiger partial charge in [-0.3, -0.25) is 0 Å². The van der Waals surface area contributed by atoms with Gasteiger partial charge in [-0.15, -0.1) is 10.2 Å². The summed E-state index contributed by atoms with van der Waals surface area (Å²) in [6.45, 7) is 1.91. The third kappa shape index (κ3) is 3.20. The molecule has 0 aliphatic rings. The molecule has 0 atom stereocenters. The topological polar surface area (TPSA) is 64.1 Å². The zero-order valence-corrected chi connectivity index (χ0v) is 15.3. The van der Waals surface area contributed by atoms with E-state index < -0.39 is 5.97 Å². The van der Waals surface area contributed by atoms with E-state index in [4.69, 9.17) is 16.3 Å². The number of ether oxygens (including phenoxy) is 1. The van der Waals surface area contributed by atoms with Gasteiger partial charge >= 0.3 is 5.97 Å². The van der Waals surface area contributed by atoms with Crippen molar-refractivity contribution in [1.82, 2.24) is 10.2 Å². The summed E-state index contributed by atoms with van der Waals surface area (Å²) in [5, 5.41) is 12.8. The van der Waals surface area contributed by atoms with Gasteiger partial charge in [-0.1, -0.05) is 23.2 Å². The maximum absolute atomic E-state index is 12.1. The van der Waals surface area contributed by atoms with Gasteiger partial charge < -0.3 is 10.1 Å². The third-order valence-corrected chi connectivity index (χ3v) is 4.31. The van der Waals surface area contributed by atoms with E-state index in [2.05, 4.69) is 31.4 Å². The van der Waals surface area contributed by atoms with E-state index in [9.17, 15) is 4.79 Å². The van der Waals surface area contributed by atoms with Crippen molar-refractivity contribution >= 4 is 55.8 Å². The molecule has 2 aromatic carbocycles. The number of aryl methyl sites for hydroxylation is 1. The number of halogens is 2. The number of hydrogen-bond acceptors (Lipinski definition) is 5. The molecule has 1 heterocycles. The molecule has 0 aliphatic heterocycles. The molecule has 0 unspecified atom stereocenters. The van der Waals surface area contributed by atoms with Crippen molar-refractivity contribution in [1.29, 1.82) is 0 Å². The Labute approximate surface area is 152 Å². The van der Waals surface area contributed by atoms with E-state index >= 15 is 0 Å². The van der Waals surface area contributed by atoms with Crippen LogP contribution in [0.15, 0.2) is 41.0 Å². The SMILES string of the molecule is COC(=O)c1cc(C)ccc1Nc1c(Br)nnc2ccc(Cl)cc12. The molecule has 0 fully saturated rings. The molecular formula is C17H13BrClN3O2. The average Bonchev–Trinajstić information content (AvgIpc) is 2.58. The van der Waals surface area contributed by atoms with Crippen molar-refractivity contribution in [2.24, 2.45) is 0 Å². The highest BCUT2D eigenvalue weighted by Crippen LogP contribution is 2.33. The lowest BCUT2D eigenvalue weighted by Gasteiger charge is -2.14. The number of nitrogens with one attached hydrogen (secondary N) is 1. The smallest absolute Gasteiger partial charge is 0.339 e. The van der Waals surface area contributed by atoms with Gasteiger partial charge in [0.1, 0.15) is 0 Å². The number of esters is 1. The van der Waals surface area contributed by atoms with Gasteiger partial charge in [-0.2, -0.15) is 0 Å². The number of aromatic nitrogens is 2. The summed E-state index contributed by atoms with van der Waals surface area (Å²) in [4.78, 5) is 12.1. The summed E-state index contributed by atoms with van der Waals surface area (Å²) in [5.41, 5.74) is 3.38. The lowest BCUT2D eigenvalue weighted by molar-refractivity contribution is 0.0602. The van der Waals surface area contributed by atoms with E-state index in [0.717, 1.165) is 10.9 Å². The third-order valence-electron chi connectivity index (χ3n) is 3.52. The first kappa shape index (κ1) is 16.7. The molecule has 0 spiro atoms. The number of fused-ring (bicyclic) bond motifs is 1. The Hall–Kier alpha value is -2.18. The second kappa shape index (κ2) is 6.75. The summed E-state index contributed by atoms with van der Waals surface area (Å²) < 4.78 is 5.39. The first-order valence-electron chi connectivity index (χ1n) is 7.07. The highest BCUT2D eigenvalue weighted by atomic mass is 79.9. The van der Waals surface area contributed by atoms with E-state index in [1.165, 1.54) is 7.11 Å². The molecule has 5 nitrogen and oxygen atoms in total. The number of benzene rings is 2. The predicted octanol–water partition coefficient (Wildman–Crippen LogP) is 4.88. The summed E-state index contributed by atoms with van der Waals surface area (Å²) in [6.07, 6.45) is 0. The van der Waals surface area contributed by atoms with Crippen LogP contribution >= 0.6 is 27.5 Å². The van der Waals surface area contributed by atoms with Crippen molar-refractivity contribution < 1.29 is 9.53 Å². The molecule has 7 heteroatoms. The maximum atomic E-state index is 12.1. The highest BCUT2D eigenvalue weighted by Gasteiger charge is 2.16. The summed E-state index contributed by atoms with van der Waals surface area (Å²) >= 11 is 9.50. The Morgan fingerprint density at radius 2 is 2.00 bits per heavy atom. The van der Waals surface area contributed by atoms with Gasteiger partial charge in [-0.05, 0) is 53.2 Å². The molecule has 0 bridgehead atoms. The van der Waals surface area contributed by atoms with Crippen molar-refractivity contribution in [3.8, 4) is 0 Å². The summed E-state index contributed by atoms with van der Waals surface area (Å²) in [5.74, 6) is -0.415. The van der Waals surface area contributed by atoms with Gasteiger partial charge in [0.2, 0.25) is 0 Å². The Kier molecular flexibility index (Phi) is 4.69. The summed E-state index contributed by atoms with van der Waals surface area (Å²) in [6, 6.07) is 10.8. The second-order valence-corrected chi connectivity index (χ2v) is 6.38. The van der Waals surface area contributed by atoms with Gasteiger partial charge in [0.25, 0.3) is 0 Å². The Bertz CT molecular complexity index is 941. The van der Waals surface area contributed by atoms with Crippen LogP contribution in [0.5, 0.6) is 0 Å². The van der Waals surface area contributed by atoms with E-state index in [-0.39, 0.29) is 0 Å². The van der Waals surface area contributed by atoms with Crippen LogP contribution in [0.4, 0.5) is 11.4 Å². The molecule has 24 heavy (non-hydrogen) atoms. The van der Waals surface area contributed by atoms with Crippen molar-refractivity contribution in [2.75, 3.05) is 12.4 Å². The lowest BCUT2D eigenvalue weighted by Crippen LogP contribution is -2.07. The molecule has 0 amide bonds. The van der Waals surface area contributed by atoms with Crippen LogP contribution in [-0.4, -0.2) is 23.3 Å². The summed E-state index contributed by atoms with van der Waals surface area (Å²) in [7, 11) is 1.35. The predicted molar refractivity (Wildman–Crippen MR) is 98.0 cm³/mol. The number of carbonyl (C=O) groups is 1. The Balaban J connectivity index is 2.16. The second-order valence-electron chi connectivity index (χ2n) is 5.19. The number of hydrogen-bond donors (Lipinski definition) is 1. The molecule has 3 rings (SSSR count). The molecule has 0 saturated carbocycles. The maximum Gasteiger partial charge on any atom is 0.339 e. The standard InChI is InChI=1S/C17H13BrClN3O2/c1-9-3-5-13(12(7-9)17(23)24-2)20-15-11-8-10(19)4-6-14(11)21-22-16(15)18/h3-8H,1-2H3,(H,20,21). The molecule has 1 N–H and O–H groups in total. The number of rotatable bonds is 3. The van der Waals surface area contributed by atoms with Crippen LogP contribution in [0.3, 0.4) is 0 Å². The van der Waals surface area contributed by atoms with Gasteiger partial charge in [0, 0.05) is 10.4 Å². The van der Waals surface area contributed by atoms with E-state index in [0.29, 0.717) is 32.1 Å². The van der Waals surface area contributed by atoms with Gasteiger partial charge in [-0.25, -0.2) is 4.79 Å². The van der Waals surface area contributed by atoms with Crippen LogP contribution in [0.2, 0.25) is 5.02 Å². The Morgan fingerprint density at radius 3 is 2.75 bits per heavy atom. The van der Waals surface area contributed by atoms with E-state index in [1.807, 2.05) is 19.1 Å². The minimum absolute atomic E-state index is 0.415. The molecule has 0 aliphatic carbocycles. The number of nitrogens with zero attached hydrogens (tertiary/aromatic N) is 2. The van der Waals surface area contributed by atoms with Crippen molar-refractivity contribution in [3.05, 3.63) is 57.2 Å². The highest BCUT2D eigenvalue weighted by molar-refractivity contribution is 9.10. The first-order valence-corrected chi connectivity index (χ1v) is 8.24. The minimum Gasteiger partial charge on any atom is -0.465 e. The molecule has 122 valence electrons. The largest absolute Gasteiger partial charge is 0.465 e. The van der Waals surface area contributed by atoms with Crippen LogP contribution in [0.25, 0.3) is 10.9 Å². The van der Waals surface area contributed by atoms with Crippen LogP contribution in [-0.2, 0) is 4.74 Å². The monoisotopic (exact) mass is 405 g/mol. The Morgan fingerprint density at radius 1 is 1.21 bits per heavy atom. The molecule has 0 radical (unpaired) electrons. The van der Waals surface area contributed by atoms with Crippen molar-refractivity contribution in [3.63, 3.8) is 0 Å². The minimum atomic E-state index is -0.415. The molecule has 3 aromatic rings.